The second kappa shape index (κ2) is 5.95. The first-order valence-electron chi connectivity index (χ1n) is 8.55. The fourth-order valence-electron chi connectivity index (χ4n) is 3.08. The molecule has 23 heavy (non-hydrogen) atoms. The summed E-state index contributed by atoms with van der Waals surface area (Å²) in [4.78, 5) is 14.6. The van der Waals surface area contributed by atoms with Gasteiger partial charge in [0.2, 0.25) is 0 Å². The predicted octanol–water partition coefficient (Wildman–Crippen LogP) is 2.61. The fourth-order valence-corrected chi connectivity index (χ4v) is 3.08. The lowest BCUT2D eigenvalue weighted by atomic mass is 9.78. The van der Waals surface area contributed by atoms with Crippen molar-refractivity contribution in [2.75, 3.05) is 13.1 Å². The molecule has 0 aliphatic carbocycles. The molecule has 3 rings (SSSR count). The van der Waals surface area contributed by atoms with E-state index in [-0.39, 0.29) is 17.1 Å². The lowest BCUT2D eigenvalue weighted by Gasteiger charge is -2.32. The highest BCUT2D eigenvalue weighted by Gasteiger charge is 2.51. The minimum atomic E-state index is -0.422. The van der Waals surface area contributed by atoms with Crippen molar-refractivity contribution in [2.45, 2.75) is 58.2 Å². The summed E-state index contributed by atoms with van der Waals surface area (Å²) >= 11 is 0. The highest BCUT2D eigenvalue weighted by molar-refractivity contribution is 6.62. The Morgan fingerprint density at radius 2 is 1.65 bits per heavy atom. The SMILES string of the molecule is CC1(C)OB(c2cccc(C(=O)N3CCCCC3)c2)OC1(C)C. The molecule has 124 valence electrons. The molecule has 1 aromatic carbocycles. The van der Waals surface area contributed by atoms with Gasteiger partial charge < -0.3 is 14.2 Å². The maximum absolute atomic E-state index is 12.7. The summed E-state index contributed by atoms with van der Waals surface area (Å²) in [5, 5.41) is 0. The van der Waals surface area contributed by atoms with Gasteiger partial charge in [0.25, 0.3) is 5.91 Å². The number of benzene rings is 1. The molecule has 0 atom stereocenters. The van der Waals surface area contributed by atoms with E-state index in [2.05, 4.69) is 0 Å². The number of carbonyl (C=O) groups excluding carboxylic acids is 1. The van der Waals surface area contributed by atoms with E-state index in [0.717, 1.165) is 37.0 Å². The summed E-state index contributed by atoms with van der Waals surface area (Å²) in [6, 6.07) is 7.68. The minimum Gasteiger partial charge on any atom is -0.399 e. The smallest absolute Gasteiger partial charge is 0.399 e. The Labute approximate surface area is 139 Å². The molecule has 1 amide bonds. The van der Waals surface area contributed by atoms with E-state index in [1.807, 2.05) is 56.9 Å². The second-order valence-corrected chi connectivity index (χ2v) is 7.57. The van der Waals surface area contributed by atoms with Crippen LogP contribution in [-0.4, -0.2) is 42.2 Å². The largest absolute Gasteiger partial charge is 0.494 e. The zero-order chi connectivity index (χ0) is 16.7. The van der Waals surface area contributed by atoms with Crippen LogP contribution in [0, 0.1) is 0 Å². The van der Waals surface area contributed by atoms with E-state index in [4.69, 9.17) is 9.31 Å². The fraction of sp³-hybridized carbons (Fsp3) is 0.611. The average molecular weight is 315 g/mol. The standard InChI is InChI=1S/C18H26BNO3/c1-17(2)18(3,4)23-19(22-17)15-10-8-9-14(13-15)16(21)20-11-6-5-7-12-20/h8-10,13H,5-7,11-12H2,1-4H3. The Balaban J connectivity index is 1.79. The van der Waals surface area contributed by atoms with E-state index >= 15 is 0 Å². The molecule has 0 radical (unpaired) electrons. The van der Waals surface area contributed by atoms with Crippen molar-refractivity contribution >= 4 is 18.5 Å². The zero-order valence-electron chi connectivity index (χ0n) is 14.6. The molecule has 2 fully saturated rings. The number of nitrogens with zero attached hydrogens (tertiary/aromatic N) is 1. The van der Waals surface area contributed by atoms with Crippen LogP contribution in [0.1, 0.15) is 57.3 Å². The van der Waals surface area contributed by atoms with Crippen molar-refractivity contribution in [1.82, 2.24) is 4.90 Å². The quantitative estimate of drug-likeness (QED) is 0.788. The molecular formula is C18H26BNO3. The maximum atomic E-state index is 12.7. The summed E-state index contributed by atoms with van der Waals surface area (Å²) in [6.45, 7) is 9.87. The van der Waals surface area contributed by atoms with Gasteiger partial charge >= 0.3 is 7.12 Å². The molecular weight excluding hydrogens is 289 g/mol. The van der Waals surface area contributed by atoms with Crippen LogP contribution in [0.3, 0.4) is 0 Å². The molecule has 0 N–H and O–H groups in total. The van der Waals surface area contributed by atoms with Crippen molar-refractivity contribution in [3.63, 3.8) is 0 Å². The third-order valence-electron chi connectivity index (χ3n) is 5.30. The van der Waals surface area contributed by atoms with Gasteiger partial charge in [-0.3, -0.25) is 4.79 Å². The average Bonchev–Trinajstić information content (AvgIpc) is 2.76. The van der Waals surface area contributed by atoms with Gasteiger partial charge in [0.1, 0.15) is 0 Å². The Kier molecular flexibility index (Phi) is 4.28. The summed E-state index contributed by atoms with van der Waals surface area (Å²) in [5.41, 5.74) is 0.889. The molecule has 5 heteroatoms. The Morgan fingerprint density at radius 1 is 1.04 bits per heavy atom. The van der Waals surface area contributed by atoms with Crippen LogP contribution >= 0.6 is 0 Å². The van der Waals surface area contributed by atoms with Crippen molar-refractivity contribution in [3.8, 4) is 0 Å². The number of hydrogen-bond acceptors (Lipinski definition) is 3. The van der Waals surface area contributed by atoms with E-state index in [0.29, 0.717) is 0 Å². The Morgan fingerprint density at radius 3 is 2.26 bits per heavy atom. The summed E-state index contributed by atoms with van der Waals surface area (Å²) in [5.74, 6) is 0.114. The minimum absolute atomic E-state index is 0.114. The van der Waals surface area contributed by atoms with Crippen LogP contribution in [0.25, 0.3) is 0 Å². The summed E-state index contributed by atoms with van der Waals surface area (Å²) < 4.78 is 12.2. The molecule has 2 aliphatic heterocycles. The van der Waals surface area contributed by atoms with Crippen LogP contribution in [0.5, 0.6) is 0 Å². The van der Waals surface area contributed by atoms with Crippen molar-refractivity contribution in [1.29, 1.82) is 0 Å². The molecule has 0 aromatic heterocycles. The van der Waals surface area contributed by atoms with E-state index in [9.17, 15) is 4.79 Å². The van der Waals surface area contributed by atoms with Crippen LogP contribution in [0.2, 0.25) is 0 Å². The van der Waals surface area contributed by atoms with Crippen LogP contribution in [-0.2, 0) is 9.31 Å². The predicted molar refractivity (Wildman–Crippen MR) is 91.9 cm³/mol. The van der Waals surface area contributed by atoms with Gasteiger partial charge in [-0.25, -0.2) is 0 Å². The molecule has 0 spiro atoms. The molecule has 2 saturated heterocycles. The normalized spacial score (nSPS) is 23.1. The number of hydrogen-bond donors (Lipinski definition) is 0. The number of piperidine rings is 1. The lowest BCUT2D eigenvalue weighted by molar-refractivity contribution is 0.00578. The number of carbonyl (C=O) groups is 1. The first kappa shape index (κ1) is 16.5. The van der Waals surface area contributed by atoms with E-state index in [1.54, 1.807) is 0 Å². The third kappa shape index (κ3) is 3.17. The van der Waals surface area contributed by atoms with Gasteiger partial charge in [-0.15, -0.1) is 0 Å². The molecule has 0 unspecified atom stereocenters. The van der Waals surface area contributed by atoms with Crippen molar-refractivity contribution in [3.05, 3.63) is 29.8 Å². The molecule has 1 aromatic rings. The summed E-state index contributed by atoms with van der Waals surface area (Å²) in [6.07, 6.45) is 3.42. The highest BCUT2D eigenvalue weighted by Crippen LogP contribution is 2.36. The van der Waals surface area contributed by atoms with Crippen molar-refractivity contribution in [2.24, 2.45) is 0 Å². The molecule has 0 bridgehead atoms. The molecule has 0 saturated carbocycles. The Hall–Kier alpha value is -1.33. The highest BCUT2D eigenvalue weighted by atomic mass is 16.7. The van der Waals surface area contributed by atoms with E-state index < -0.39 is 7.12 Å². The van der Waals surface area contributed by atoms with Crippen LogP contribution < -0.4 is 5.46 Å². The molecule has 4 nitrogen and oxygen atoms in total. The van der Waals surface area contributed by atoms with Gasteiger partial charge in [0.15, 0.2) is 0 Å². The monoisotopic (exact) mass is 315 g/mol. The number of likely N-dealkylation sites (tertiary alicyclic amines) is 1. The second-order valence-electron chi connectivity index (χ2n) is 7.57. The lowest BCUT2D eigenvalue weighted by Crippen LogP contribution is -2.41. The first-order chi connectivity index (χ1) is 10.8. The van der Waals surface area contributed by atoms with Gasteiger partial charge in [-0.1, -0.05) is 12.1 Å². The van der Waals surface area contributed by atoms with Crippen LogP contribution in [0.4, 0.5) is 0 Å². The van der Waals surface area contributed by atoms with Gasteiger partial charge in [-0.05, 0) is 64.6 Å². The topological polar surface area (TPSA) is 38.8 Å². The van der Waals surface area contributed by atoms with Gasteiger partial charge in [-0.2, -0.15) is 0 Å². The van der Waals surface area contributed by atoms with Gasteiger partial charge in [0.05, 0.1) is 11.2 Å². The van der Waals surface area contributed by atoms with Gasteiger partial charge in [0, 0.05) is 18.7 Å². The maximum Gasteiger partial charge on any atom is 0.494 e. The molecule has 2 heterocycles. The first-order valence-corrected chi connectivity index (χ1v) is 8.55. The number of rotatable bonds is 2. The number of amides is 1. The Bertz CT molecular complexity index is 578. The molecule has 2 aliphatic rings. The van der Waals surface area contributed by atoms with E-state index in [1.165, 1.54) is 6.42 Å². The summed E-state index contributed by atoms with van der Waals surface area (Å²) in [7, 11) is -0.422. The third-order valence-corrected chi connectivity index (χ3v) is 5.30. The van der Waals surface area contributed by atoms with Crippen LogP contribution in [0.15, 0.2) is 24.3 Å². The zero-order valence-corrected chi connectivity index (χ0v) is 14.6. The van der Waals surface area contributed by atoms with Crippen molar-refractivity contribution < 1.29 is 14.1 Å².